The fourth-order valence-corrected chi connectivity index (χ4v) is 15.3. The minimum absolute atomic E-state index is 0.0997. The molecule has 1 amide bonds. The summed E-state index contributed by atoms with van der Waals surface area (Å²) in [6.07, 6.45) is 32.5. The van der Waals surface area contributed by atoms with Crippen molar-refractivity contribution in [2.75, 3.05) is 212 Å². The molecule has 6 aliphatic heterocycles. The van der Waals surface area contributed by atoms with Crippen molar-refractivity contribution < 1.29 is 74.8 Å². The molecule has 11 rings (SSSR count). The SMILES string of the molecule is CC(C)OCC1CC(=O)N(C)C1.CC(C)OCC1CC1.CC(C)OCC1CCC1.CC(C)OCC1CCCCC1.CC(C)OCC1CCN(C)C1.CC(C)OCC1CCN(C)CC1.CC(C)OCC1CN(C)C1.CC(C)OCCC1CCCC1.CC(C)OCCN1CCC1.CC(C)OCCN1CCCC1.CC(C)OCCn1ccc(C(F)(F)F)c1.CCN(CC)CCOC(C)C. The number of ether oxygens (including phenoxy) is 12. The fraction of sp³-hybridized carbons (Fsp3) is 0.953. The van der Waals surface area contributed by atoms with Gasteiger partial charge in [-0.1, -0.05) is 65.2 Å². The van der Waals surface area contributed by atoms with Gasteiger partial charge in [-0.25, -0.2) is 0 Å². The molecule has 782 valence electrons. The number of rotatable bonds is 43. The highest BCUT2D eigenvalue weighted by Crippen LogP contribution is 2.32. The Labute approximate surface area is 806 Å². The van der Waals surface area contributed by atoms with E-state index >= 15 is 0 Å². The van der Waals surface area contributed by atoms with Crippen LogP contribution in [0, 0.1) is 47.3 Å². The molecule has 6 saturated heterocycles. The van der Waals surface area contributed by atoms with Gasteiger partial charge in [-0.2, -0.15) is 13.2 Å². The number of carbonyl (C=O) groups excluding carboxylic acids is 1. The monoisotopic (exact) mass is 1880 g/mol. The van der Waals surface area contributed by atoms with Gasteiger partial charge in [-0.3, -0.25) is 4.79 Å². The molecule has 10 aliphatic rings. The molecule has 7 heterocycles. The van der Waals surface area contributed by atoms with E-state index < -0.39 is 11.7 Å². The van der Waals surface area contributed by atoms with Crippen molar-refractivity contribution in [3.05, 3.63) is 24.0 Å². The first-order valence-corrected chi connectivity index (χ1v) is 53.1. The standard InChI is InChI=1S/C10H14F3NO.C10H21NO.2C10H20O.C9H17NO2.2C9H19NO.C9H21NO.2C8H17NO.C8H16O.C7H14O/c1-8(2)15-6-5-14-4-3-9(7-14)10(11,12)13;1-9(2)12-8-10-4-6-11(3)7-5-10;1-9(2)11-8-7-10-5-3-4-6-10;1-9(2)11-8-10-6-4-3-5-7-10;1-7(2)12-6-8-4-9(11)10(3)5-8;1-8(2)11-7-9-4-5-10(3)6-9;1-9(2)11-8-7-10-5-3-4-6-10;1-5-10(6-2)7-8-11-9(3)4;1-7(2)10-6-8-4-9(3)5-8;1-8(2)10-7-6-9-4-3-5-9;1-7(2)9-6-8-4-3-5-8;1-6(2)8-5-7-3-4-7/h3-4,7-8H,5-6H2,1-2H3;9-10H,4-8H2,1-3H3;2*9-10H,3-8H2,1-2H3;7-8H,4-6H2,1-3H3;8-9H,4-7H2,1-3H3;9H,3-8H2,1-2H3;9H,5-8H2,1-4H3;7-8H,4-6H2,1-3H3;8H,3-7H2,1-2H3;7-8H,3-6H2,1-2H3;6-7H,3-5H2,1-2H3. The van der Waals surface area contributed by atoms with Gasteiger partial charge in [0.05, 0.1) is 125 Å². The molecule has 0 spiro atoms. The number of amides is 1. The maximum Gasteiger partial charge on any atom is 0.417 e. The van der Waals surface area contributed by atoms with Gasteiger partial charge < -0.3 is 95.7 Å². The summed E-state index contributed by atoms with van der Waals surface area (Å²) in [5.74, 6) is 6.69. The molecule has 4 saturated carbocycles. The molecule has 1 aromatic rings. The third-order valence-corrected chi connectivity index (χ3v) is 24.1. The lowest BCUT2D eigenvalue weighted by Crippen LogP contribution is -2.46. The second kappa shape index (κ2) is 80.5. The van der Waals surface area contributed by atoms with Crippen molar-refractivity contribution in [1.29, 1.82) is 0 Å². The largest absolute Gasteiger partial charge is 0.417 e. The number of carbonyl (C=O) groups is 1. The second-order valence-corrected chi connectivity index (χ2v) is 42.0. The number of hydrogen-bond acceptors (Lipinski definition) is 19. The van der Waals surface area contributed by atoms with E-state index in [0.29, 0.717) is 93.1 Å². The minimum atomic E-state index is -4.26. The molecule has 10 fully saturated rings. The van der Waals surface area contributed by atoms with Gasteiger partial charge in [-0.05, 0) is 371 Å². The van der Waals surface area contributed by atoms with Gasteiger partial charge in [0.25, 0.3) is 0 Å². The molecule has 131 heavy (non-hydrogen) atoms. The smallest absolute Gasteiger partial charge is 0.379 e. The highest BCUT2D eigenvalue weighted by Gasteiger charge is 2.32. The maximum absolute atomic E-state index is 12.2. The molecular formula is C107H215F3N8O13. The van der Waals surface area contributed by atoms with Gasteiger partial charge in [0.15, 0.2) is 0 Å². The van der Waals surface area contributed by atoms with Crippen LogP contribution in [0.5, 0.6) is 0 Å². The van der Waals surface area contributed by atoms with Crippen molar-refractivity contribution in [2.24, 2.45) is 47.3 Å². The third kappa shape index (κ3) is 81.2. The molecule has 0 radical (unpaired) electrons. The van der Waals surface area contributed by atoms with Crippen molar-refractivity contribution in [3.63, 3.8) is 0 Å². The number of nitrogens with zero attached hydrogens (tertiary/aromatic N) is 8. The third-order valence-electron chi connectivity index (χ3n) is 24.1. The molecule has 0 bridgehead atoms. The van der Waals surface area contributed by atoms with Gasteiger partial charge in [0, 0.05) is 123 Å². The number of alkyl halides is 3. The van der Waals surface area contributed by atoms with Crippen LogP contribution in [0.3, 0.4) is 0 Å². The number of likely N-dealkylation sites (N-methyl/N-ethyl adjacent to an activating group) is 1. The van der Waals surface area contributed by atoms with E-state index in [2.05, 4.69) is 203 Å². The molecular weight excluding hydrogens is 1660 g/mol. The predicted octanol–water partition coefficient (Wildman–Crippen LogP) is 22.3. The molecule has 24 heteroatoms. The van der Waals surface area contributed by atoms with Gasteiger partial charge >= 0.3 is 6.18 Å². The lowest BCUT2D eigenvalue weighted by atomic mass is 9.86. The Balaban J connectivity index is 0.00000141. The van der Waals surface area contributed by atoms with E-state index in [-0.39, 0.29) is 18.1 Å². The van der Waals surface area contributed by atoms with Crippen LogP contribution in [0.4, 0.5) is 13.2 Å². The Morgan fingerprint density at radius 2 is 0.656 bits per heavy atom. The Hall–Kier alpha value is -2.18. The Morgan fingerprint density at radius 3 is 0.992 bits per heavy atom. The zero-order chi connectivity index (χ0) is 98.5. The Kier molecular flexibility index (Phi) is 79.1. The Bertz CT molecular complexity index is 2580. The van der Waals surface area contributed by atoms with Crippen molar-refractivity contribution in [2.45, 2.75) is 407 Å². The first-order valence-electron chi connectivity index (χ1n) is 53.1. The number of halogens is 3. The first-order chi connectivity index (χ1) is 62.0. The summed E-state index contributed by atoms with van der Waals surface area (Å²) in [5.41, 5.74) is -0.618. The van der Waals surface area contributed by atoms with Crippen molar-refractivity contribution in [3.8, 4) is 0 Å². The maximum atomic E-state index is 12.2. The predicted molar refractivity (Wildman–Crippen MR) is 543 cm³/mol. The second-order valence-electron chi connectivity index (χ2n) is 42.0. The van der Waals surface area contributed by atoms with Gasteiger partial charge in [-0.15, -0.1) is 0 Å². The molecule has 21 nitrogen and oxygen atoms in total. The van der Waals surface area contributed by atoms with Crippen LogP contribution >= 0.6 is 0 Å². The van der Waals surface area contributed by atoms with Gasteiger partial charge in [0.2, 0.25) is 5.91 Å². The van der Waals surface area contributed by atoms with Crippen LogP contribution in [0.2, 0.25) is 0 Å². The summed E-state index contributed by atoms with van der Waals surface area (Å²) in [4.78, 5) is 27.2. The lowest BCUT2D eigenvalue weighted by molar-refractivity contribution is -0.137. The quantitative estimate of drug-likeness (QED) is 0.0608. The molecule has 0 aromatic carbocycles. The highest BCUT2D eigenvalue weighted by atomic mass is 19.4. The molecule has 1 aromatic heterocycles. The highest BCUT2D eigenvalue weighted by molar-refractivity contribution is 5.78. The fourth-order valence-electron chi connectivity index (χ4n) is 15.3. The molecule has 2 atom stereocenters. The number of hydrogen-bond donors (Lipinski definition) is 0. The summed E-state index contributed by atoms with van der Waals surface area (Å²) in [6.45, 7) is 84.0. The Morgan fingerprint density at radius 1 is 0.328 bits per heavy atom. The normalized spacial score (nSPS) is 19.7. The first kappa shape index (κ1) is 129. The van der Waals surface area contributed by atoms with Crippen LogP contribution in [0.25, 0.3) is 0 Å². The topological polar surface area (TPSA) is 155 Å². The van der Waals surface area contributed by atoms with Crippen LogP contribution in [0.1, 0.15) is 327 Å². The summed E-state index contributed by atoms with van der Waals surface area (Å²) < 4.78 is 104. The number of aromatic nitrogens is 1. The van der Waals surface area contributed by atoms with Crippen molar-refractivity contribution >= 4 is 5.91 Å². The molecule has 4 aliphatic carbocycles. The van der Waals surface area contributed by atoms with Gasteiger partial charge in [0.1, 0.15) is 0 Å². The molecule has 2 unspecified atom stereocenters. The zero-order valence-corrected chi connectivity index (χ0v) is 90.9. The van der Waals surface area contributed by atoms with E-state index in [4.69, 9.17) is 56.8 Å². The van der Waals surface area contributed by atoms with E-state index in [1.54, 1.807) is 4.90 Å². The van der Waals surface area contributed by atoms with Crippen molar-refractivity contribution in [1.82, 2.24) is 38.9 Å². The van der Waals surface area contributed by atoms with Crippen LogP contribution in [-0.4, -0.2) is 330 Å². The minimum Gasteiger partial charge on any atom is -0.379 e. The average Bonchev–Trinajstić information content (AvgIpc) is 1.68. The van der Waals surface area contributed by atoms with Crippen LogP contribution < -0.4 is 0 Å². The van der Waals surface area contributed by atoms with Crippen LogP contribution in [0.15, 0.2) is 18.5 Å². The number of likely N-dealkylation sites (tertiary alicyclic amines) is 6. The van der Waals surface area contributed by atoms with E-state index in [1.807, 2.05) is 34.7 Å². The summed E-state index contributed by atoms with van der Waals surface area (Å²) in [7, 11) is 8.36. The zero-order valence-electron chi connectivity index (χ0n) is 90.9. The summed E-state index contributed by atoms with van der Waals surface area (Å²) >= 11 is 0. The van der Waals surface area contributed by atoms with Crippen LogP contribution in [-0.2, 0) is 74.4 Å². The van der Waals surface area contributed by atoms with E-state index in [9.17, 15) is 18.0 Å². The van der Waals surface area contributed by atoms with E-state index in [0.717, 1.165) is 159 Å². The molecule has 0 N–H and O–H groups in total. The summed E-state index contributed by atoms with van der Waals surface area (Å²) in [5, 5.41) is 0. The van der Waals surface area contributed by atoms with E-state index in [1.165, 1.54) is 211 Å². The average molecular weight is 1880 g/mol. The number of piperidine rings is 1. The lowest BCUT2D eigenvalue weighted by Gasteiger charge is -2.36. The summed E-state index contributed by atoms with van der Waals surface area (Å²) in [6, 6.07) is 1.06.